The standard InChI is InChI=1S/C9H4Cl3F3N4O/c10-4-1-3(2-5(11)6(4)12)19-8(20)18(16)7(17-19)9(13,14)15/h1-2H,16H2. The molecule has 0 saturated heterocycles. The second-order valence-electron chi connectivity index (χ2n) is 3.61. The number of rotatable bonds is 1. The van der Waals surface area contributed by atoms with E-state index in [0.717, 1.165) is 12.1 Å². The Morgan fingerprint density at radius 2 is 1.65 bits per heavy atom. The lowest BCUT2D eigenvalue weighted by molar-refractivity contribution is -0.146. The van der Waals surface area contributed by atoms with Crippen molar-refractivity contribution in [3.8, 4) is 5.69 Å². The molecule has 0 spiro atoms. The molecule has 0 atom stereocenters. The molecular formula is C9H4Cl3F3N4O. The zero-order valence-electron chi connectivity index (χ0n) is 9.25. The molecule has 11 heteroatoms. The van der Waals surface area contributed by atoms with Gasteiger partial charge in [0.1, 0.15) is 0 Å². The predicted octanol–water partition coefficient (Wildman–Crippen LogP) is 2.73. The molecule has 1 aromatic carbocycles. The average molecular weight is 348 g/mol. The molecular weight excluding hydrogens is 343 g/mol. The van der Waals surface area contributed by atoms with Gasteiger partial charge in [-0.2, -0.15) is 22.5 Å². The molecule has 2 rings (SSSR count). The molecule has 0 aliphatic carbocycles. The van der Waals surface area contributed by atoms with Gasteiger partial charge in [-0.25, -0.2) is 4.79 Å². The molecule has 0 unspecified atom stereocenters. The Hall–Kier alpha value is -1.38. The smallest absolute Gasteiger partial charge is 0.333 e. The van der Waals surface area contributed by atoms with Crippen LogP contribution in [-0.4, -0.2) is 14.5 Å². The lowest BCUT2D eigenvalue weighted by atomic mass is 10.3. The summed E-state index contributed by atoms with van der Waals surface area (Å²) in [5.74, 6) is 3.49. The molecule has 20 heavy (non-hydrogen) atoms. The number of hydrogen-bond donors (Lipinski definition) is 1. The van der Waals surface area contributed by atoms with Crippen LogP contribution < -0.4 is 11.5 Å². The Balaban J connectivity index is 2.69. The first kappa shape index (κ1) is 15.0. The Labute approximate surface area is 124 Å². The second kappa shape index (κ2) is 4.87. The zero-order chi connectivity index (χ0) is 15.2. The quantitative estimate of drug-likeness (QED) is 0.637. The molecule has 0 amide bonds. The Kier molecular flexibility index (Phi) is 3.66. The molecule has 0 bridgehead atoms. The molecule has 0 radical (unpaired) electrons. The van der Waals surface area contributed by atoms with Crippen LogP contribution in [0.3, 0.4) is 0 Å². The van der Waals surface area contributed by atoms with E-state index in [0.29, 0.717) is 4.68 Å². The lowest BCUT2D eigenvalue weighted by Crippen LogP contribution is -2.31. The van der Waals surface area contributed by atoms with Crippen molar-refractivity contribution >= 4 is 34.8 Å². The summed E-state index contributed by atoms with van der Waals surface area (Å²) in [6, 6.07) is 2.29. The highest BCUT2D eigenvalue weighted by molar-refractivity contribution is 6.48. The largest absolute Gasteiger partial charge is 0.453 e. The highest BCUT2D eigenvalue weighted by atomic mass is 35.5. The van der Waals surface area contributed by atoms with Crippen LogP contribution in [0.1, 0.15) is 5.82 Å². The van der Waals surface area contributed by atoms with E-state index in [-0.39, 0.29) is 25.4 Å². The minimum atomic E-state index is -4.88. The van der Waals surface area contributed by atoms with Crippen LogP contribution in [0, 0.1) is 0 Å². The number of alkyl halides is 3. The summed E-state index contributed by atoms with van der Waals surface area (Å²) in [7, 11) is 0. The average Bonchev–Trinajstić information content (AvgIpc) is 2.62. The van der Waals surface area contributed by atoms with E-state index in [1.54, 1.807) is 0 Å². The van der Waals surface area contributed by atoms with Crippen molar-refractivity contribution in [3.05, 3.63) is 43.5 Å². The molecule has 0 fully saturated rings. The van der Waals surface area contributed by atoms with E-state index < -0.39 is 17.7 Å². The summed E-state index contributed by atoms with van der Waals surface area (Å²) in [5, 5.41) is 3.05. The Bertz CT molecular complexity index is 714. The topological polar surface area (TPSA) is 65.8 Å². The van der Waals surface area contributed by atoms with Gasteiger partial charge in [0.25, 0.3) is 5.82 Å². The highest BCUT2D eigenvalue weighted by Crippen LogP contribution is 2.32. The maximum atomic E-state index is 12.6. The van der Waals surface area contributed by atoms with E-state index >= 15 is 0 Å². The molecule has 0 aliphatic heterocycles. The monoisotopic (exact) mass is 346 g/mol. The maximum absolute atomic E-state index is 12.6. The SMILES string of the molecule is Nn1c(C(F)(F)F)nn(-c2cc(Cl)c(Cl)c(Cl)c2)c1=O. The number of aromatic nitrogens is 3. The van der Waals surface area contributed by atoms with Gasteiger partial charge in [-0.05, 0) is 12.1 Å². The zero-order valence-corrected chi connectivity index (χ0v) is 11.5. The first-order chi connectivity index (χ1) is 9.12. The van der Waals surface area contributed by atoms with Gasteiger partial charge in [0.15, 0.2) is 0 Å². The second-order valence-corrected chi connectivity index (χ2v) is 4.80. The Morgan fingerprint density at radius 1 is 1.15 bits per heavy atom. The van der Waals surface area contributed by atoms with Crippen molar-refractivity contribution in [2.24, 2.45) is 0 Å². The maximum Gasteiger partial charge on any atom is 0.453 e. The van der Waals surface area contributed by atoms with Gasteiger partial charge < -0.3 is 5.84 Å². The van der Waals surface area contributed by atoms with Crippen molar-refractivity contribution in [1.82, 2.24) is 14.5 Å². The molecule has 2 aromatic rings. The van der Waals surface area contributed by atoms with E-state index in [2.05, 4.69) is 5.10 Å². The van der Waals surface area contributed by atoms with Gasteiger partial charge in [0, 0.05) is 0 Å². The summed E-state index contributed by atoms with van der Waals surface area (Å²) >= 11 is 17.2. The fraction of sp³-hybridized carbons (Fsp3) is 0.111. The van der Waals surface area contributed by atoms with Crippen LogP contribution in [-0.2, 0) is 6.18 Å². The Morgan fingerprint density at radius 3 is 2.05 bits per heavy atom. The van der Waals surface area contributed by atoms with Crippen LogP contribution in [0.25, 0.3) is 5.69 Å². The molecule has 1 aromatic heterocycles. The number of nitrogen functional groups attached to an aromatic ring is 1. The third-order valence-electron chi connectivity index (χ3n) is 2.28. The molecule has 108 valence electrons. The van der Waals surface area contributed by atoms with Gasteiger partial charge >= 0.3 is 11.9 Å². The van der Waals surface area contributed by atoms with Crippen LogP contribution in [0.4, 0.5) is 13.2 Å². The molecule has 5 nitrogen and oxygen atoms in total. The predicted molar refractivity (Wildman–Crippen MR) is 68.0 cm³/mol. The van der Waals surface area contributed by atoms with Gasteiger partial charge in [-0.3, -0.25) is 0 Å². The van der Waals surface area contributed by atoms with Gasteiger partial charge in [-0.15, -0.1) is 5.10 Å². The number of hydrogen-bond acceptors (Lipinski definition) is 3. The highest BCUT2D eigenvalue weighted by Gasteiger charge is 2.39. The lowest BCUT2D eigenvalue weighted by Gasteiger charge is -2.04. The molecule has 2 N–H and O–H groups in total. The van der Waals surface area contributed by atoms with E-state index in [1.807, 2.05) is 0 Å². The summed E-state index contributed by atoms with van der Waals surface area (Å²) in [5.41, 5.74) is -1.30. The minimum Gasteiger partial charge on any atom is -0.333 e. The number of benzene rings is 1. The fourth-order valence-corrected chi connectivity index (χ4v) is 1.99. The van der Waals surface area contributed by atoms with Gasteiger partial charge in [0.2, 0.25) is 0 Å². The first-order valence-corrected chi connectivity index (χ1v) is 5.95. The van der Waals surface area contributed by atoms with E-state index in [1.165, 1.54) is 0 Å². The normalized spacial score (nSPS) is 11.9. The number of nitrogens with zero attached hydrogens (tertiary/aromatic N) is 3. The first-order valence-electron chi connectivity index (χ1n) is 4.82. The molecule has 1 heterocycles. The fourth-order valence-electron chi connectivity index (χ4n) is 1.40. The summed E-state index contributed by atoms with van der Waals surface area (Å²) in [6.07, 6.45) is -4.88. The summed E-state index contributed by atoms with van der Waals surface area (Å²) in [6.45, 7) is 0. The minimum absolute atomic E-state index is 0.00774. The van der Waals surface area contributed by atoms with Crippen molar-refractivity contribution in [3.63, 3.8) is 0 Å². The van der Waals surface area contributed by atoms with Crippen molar-refractivity contribution < 1.29 is 13.2 Å². The molecule has 0 aliphatic rings. The van der Waals surface area contributed by atoms with Crippen LogP contribution in [0.5, 0.6) is 0 Å². The summed E-state index contributed by atoms with van der Waals surface area (Å²) in [4.78, 5) is 11.7. The van der Waals surface area contributed by atoms with Crippen molar-refractivity contribution in [2.45, 2.75) is 6.18 Å². The van der Waals surface area contributed by atoms with Gasteiger partial charge in [0.05, 0.1) is 20.8 Å². The van der Waals surface area contributed by atoms with Crippen LogP contribution in [0.15, 0.2) is 16.9 Å². The van der Waals surface area contributed by atoms with E-state index in [4.69, 9.17) is 40.6 Å². The van der Waals surface area contributed by atoms with Crippen molar-refractivity contribution in [1.29, 1.82) is 0 Å². The van der Waals surface area contributed by atoms with Crippen LogP contribution >= 0.6 is 34.8 Å². The third-order valence-corrected chi connectivity index (χ3v) is 3.47. The van der Waals surface area contributed by atoms with Crippen molar-refractivity contribution in [2.75, 3.05) is 5.84 Å². The van der Waals surface area contributed by atoms with Crippen LogP contribution in [0.2, 0.25) is 15.1 Å². The molecule has 0 saturated carbocycles. The van der Waals surface area contributed by atoms with Gasteiger partial charge in [-0.1, -0.05) is 34.8 Å². The number of nitrogens with two attached hydrogens (primary N) is 1. The number of halogens is 6. The third kappa shape index (κ3) is 2.46. The summed E-state index contributed by atoms with van der Waals surface area (Å²) < 4.78 is 38.1. The van der Waals surface area contributed by atoms with E-state index in [9.17, 15) is 18.0 Å².